The molecule has 3 heteroatoms. The lowest BCUT2D eigenvalue weighted by Crippen LogP contribution is -2.25. The zero-order valence-corrected chi connectivity index (χ0v) is 11.9. The Kier molecular flexibility index (Phi) is 4.29. The first-order valence-corrected chi connectivity index (χ1v) is 7.02. The van der Waals surface area contributed by atoms with Gasteiger partial charge in [-0.25, -0.2) is 4.39 Å². The van der Waals surface area contributed by atoms with Crippen LogP contribution in [-0.4, -0.2) is 12.6 Å². The van der Waals surface area contributed by atoms with Gasteiger partial charge in [0, 0.05) is 6.04 Å². The summed E-state index contributed by atoms with van der Waals surface area (Å²) in [4.78, 5) is 0. The van der Waals surface area contributed by atoms with Crippen LogP contribution in [0.25, 0.3) is 0 Å². The molecule has 1 nitrogen and oxygen atoms in total. The first kappa shape index (κ1) is 13.8. The third kappa shape index (κ3) is 3.96. The Labute approximate surface area is 114 Å². The summed E-state index contributed by atoms with van der Waals surface area (Å²) in [5, 5.41) is 3.80. The molecule has 0 aromatic heterocycles. The zero-order valence-electron chi connectivity index (χ0n) is 11.1. The summed E-state index contributed by atoms with van der Waals surface area (Å²) in [6.45, 7) is 5.45. The van der Waals surface area contributed by atoms with Gasteiger partial charge in [0.25, 0.3) is 0 Å². The number of hydrogen-bond donors (Lipinski definition) is 1. The SMILES string of the molecule is CC(C)(CCNC1CC1)Cc1cccc(F)c1Cl. The molecule has 0 unspecified atom stereocenters. The fourth-order valence-corrected chi connectivity index (χ4v) is 2.38. The van der Waals surface area contributed by atoms with Crippen molar-refractivity contribution in [3.8, 4) is 0 Å². The molecule has 1 aliphatic carbocycles. The maximum atomic E-state index is 13.4. The molecule has 0 amide bonds. The molecule has 0 bridgehead atoms. The van der Waals surface area contributed by atoms with Gasteiger partial charge in [0.15, 0.2) is 0 Å². The van der Waals surface area contributed by atoms with Gasteiger partial charge in [-0.2, -0.15) is 0 Å². The van der Waals surface area contributed by atoms with Gasteiger partial charge in [0.1, 0.15) is 5.82 Å². The van der Waals surface area contributed by atoms with Gasteiger partial charge in [-0.15, -0.1) is 0 Å². The fraction of sp³-hybridized carbons (Fsp3) is 0.600. The molecule has 1 fully saturated rings. The second-order valence-electron chi connectivity index (χ2n) is 6.03. The van der Waals surface area contributed by atoms with Crippen molar-refractivity contribution in [3.05, 3.63) is 34.6 Å². The molecule has 0 atom stereocenters. The van der Waals surface area contributed by atoms with E-state index in [4.69, 9.17) is 11.6 Å². The molecule has 100 valence electrons. The Morgan fingerprint density at radius 1 is 1.39 bits per heavy atom. The highest BCUT2D eigenvalue weighted by Crippen LogP contribution is 2.30. The third-order valence-electron chi connectivity index (χ3n) is 3.51. The minimum atomic E-state index is -0.318. The van der Waals surface area contributed by atoms with Crippen LogP contribution in [0, 0.1) is 11.2 Å². The Hall–Kier alpha value is -0.600. The predicted octanol–water partition coefficient (Wildman–Crippen LogP) is 4.19. The number of rotatable bonds is 6. The van der Waals surface area contributed by atoms with Crippen LogP contribution in [0.2, 0.25) is 5.02 Å². The van der Waals surface area contributed by atoms with Gasteiger partial charge in [-0.3, -0.25) is 0 Å². The molecule has 1 aromatic carbocycles. The molecular weight excluding hydrogens is 249 g/mol. The van der Waals surface area contributed by atoms with Gasteiger partial charge in [0.05, 0.1) is 5.02 Å². The number of benzene rings is 1. The topological polar surface area (TPSA) is 12.0 Å². The second-order valence-corrected chi connectivity index (χ2v) is 6.41. The molecule has 0 spiro atoms. The molecule has 18 heavy (non-hydrogen) atoms. The van der Waals surface area contributed by atoms with E-state index in [1.165, 1.54) is 18.9 Å². The lowest BCUT2D eigenvalue weighted by atomic mass is 9.82. The van der Waals surface area contributed by atoms with E-state index in [9.17, 15) is 4.39 Å². The van der Waals surface area contributed by atoms with Crippen LogP contribution in [0.3, 0.4) is 0 Å². The molecule has 0 aliphatic heterocycles. The summed E-state index contributed by atoms with van der Waals surface area (Å²) >= 11 is 6.00. The fourth-order valence-electron chi connectivity index (χ4n) is 2.19. The lowest BCUT2D eigenvalue weighted by molar-refractivity contribution is 0.324. The van der Waals surface area contributed by atoms with Gasteiger partial charge in [-0.1, -0.05) is 37.6 Å². The Morgan fingerprint density at radius 2 is 2.11 bits per heavy atom. The standard InChI is InChI=1S/C15H21ClFN/c1-15(2,8-9-18-12-6-7-12)10-11-4-3-5-13(17)14(11)16/h3-5,12,18H,6-10H2,1-2H3. The molecule has 1 saturated carbocycles. The van der Waals surface area contributed by atoms with E-state index in [2.05, 4.69) is 19.2 Å². The maximum absolute atomic E-state index is 13.4. The Morgan fingerprint density at radius 3 is 2.78 bits per heavy atom. The van der Waals surface area contributed by atoms with Crippen molar-refractivity contribution in [2.75, 3.05) is 6.54 Å². The number of hydrogen-bond acceptors (Lipinski definition) is 1. The van der Waals surface area contributed by atoms with E-state index in [-0.39, 0.29) is 16.3 Å². The smallest absolute Gasteiger partial charge is 0.142 e. The monoisotopic (exact) mass is 269 g/mol. The van der Waals surface area contributed by atoms with Gasteiger partial charge < -0.3 is 5.32 Å². The van der Waals surface area contributed by atoms with E-state index < -0.39 is 0 Å². The van der Waals surface area contributed by atoms with Crippen LogP contribution in [0.5, 0.6) is 0 Å². The summed E-state index contributed by atoms with van der Waals surface area (Å²) in [5.41, 5.74) is 1.05. The zero-order chi connectivity index (χ0) is 13.2. The minimum absolute atomic E-state index is 0.138. The lowest BCUT2D eigenvalue weighted by Gasteiger charge is -2.25. The number of halogens is 2. The average molecular weight is 270 g/mol. The van der Waals surface area contributed by atoms with E-state index in [1.807, 2.05) is 6.07 Å². The largest absolute Gasteiger partial charge is 0.314 e. The van der Waals surface area contributed by atoms with E-state index in [0.717, 1.165) is 31.0 Å². The van der Waals surface area contributed by atoms with Crippen molar-refractivity contribution in [1.29, 1.82) is 0 Å². The van der Waals surface area contributed by atoms with Crippen molar-refractivity contribution in [3.63, 3.8) is 0 Å². The molecule has 1 aromatic rings. The predicted molar refractivity (Wildman–Crippen MR) is 74.5 cm³/mol. The van der Waals surface area contributed by atoms with Gasteiger partial charge in [-0.05, 0) is 49.3 Å². The van der Waals surface area contributed by atoms with Crippen LogP contribution >= 0.6 is 11.6 Å². The molecular formula is C15H21ClFN. The van der Waals surface area contributed by atoms with Crippen LogP contribution in [0.4, 0.5) is 4.39 Å². The van der Waals surface area contributed by atoms with Crippen LogP contribution in [-0.2, 0) is 6.42 Å². The summed E-state index contributed by atoms with van der Waals surface area (Å²) < 4.78 is 13.4. The first-order valence-electron chi connectivity index (χ1n) is 6.64. The molecule has 2 rings (SSSR count). The van der Waals surface area contributed by atoms with Crippen LogP contribution < -0.4 is 5.32 Å². The van der Waals surface area contributed by atoms with E-state index in [1.54, 1.807) is 6.07 Å². The summed E-state index contributed by atoms with van der Waals surface area (Å²) in [7, 11) is 0. The average Bonchev–Trinajstić information content (AvgIpc) is 3.08. The summed E-state index contributed by atoms with van der Waals surface area (Å²) in [6.07, 6.45) is 4.53. The van der Waals surface area contributed by atoms with Crippen LogP contribution in [0.1, 0.15) is 38.7 Å². The van der Waals surface area contributed by atoms with Gasteiger partial charge >= 0.3 is 0 Å². The highest BCUT2D eigenvalue weighted by atomic mass is 35.5. The Bertz CT molecular complexity index is 413. The summed E-state index contributed by atoms with van der Waals surface area (Å²) in [5.74, 6) is -0.318. The highest BCUT2D eigenvalue weighted by Gasteiger charge is 2.24. The molecule has 1 aliphatic rings. The maximum Gasteiger partial charge on any atom is 0.142 e. The molecule has 0 heterocycles. The molecule has 0 radical (unpaired) electrons. The summed E-state index contributed by atoms with van der Waals surface area (Å²) in [6, 6.07) is 5.81. The second kappa shape index (κ2) is 5.58. The van der Waals surface area contributed by atoms with Gasteiger partial charge in [0.2, 0.25) is 0 Å². The third-order valence-corrected chi connectivity index (χ3v) is 3.94. The van der Waals surface area contributed by atoms with Crippen molar-refractivity contribution >= 4 is 11.6 Å². The van der Waals surface area contributed by atoms with E-state index in [0.29, 0.717) is 0 Å². The van der Waals surface area contributed by atoms with Crippen molar-refractivity contribution in [1.82, 2.24) is 5.32 Å². The highest BCUT2D eigenvalue weighted by molar-refractivity contribution is 6.31. The molecule has 1 N–H and O–H groups in total. The Balaban J connectivity index is 1.90. The van der Waals surface area contributed by atoms with Crippen molar-refractivity contribution in [2.45, 2.75) is 45.6 Å². The van der Waals surface area contributed by atoms with Crippen LogP contribution in [0.15, 0.2) is 18.2 Å². The quantitative estimate of drug-likeness (QED) is 0.817. The van der Waals surface area contributed by atoms with E-state index >= 15 is 0 Å². The normalized spacial score (nSPS) is 16.0. The van der Waals surface area contributed by atoms with Crippen molar-refractivity contribution in [2.24, 2.45) is 5.41 Å². The minimum Gasteiger partial charge on any atom is -0.314 e. The van der Waals surface area contributed by atoms with Crippen molar-refractivity contribution < 1.29 is 4.39 Å². The molecule has 0 saturated heterocycles. The first-order chi connectivity index (χ1) is 8.48. The number of nitrogens with one attached hydrogen (secondary N) is 1.